The smallest absolute Gasteiger partial charge is 0.322 e. The number of benzene rings is 1. The van der Waals surface area contributed by atoms with E-state index in [1.807, 2.05) is 25.1 Å². The van der Waals surface area contributed by atoms with E-state index >= 15 is 0 Å². The molecule has 0 spiro atoms. The van der Waals surface area contributed by atoms with Crippen molar-refractivity contribution in [2.24, 2.45) is 0 Å². The van der Waals surface area contributed by atoms with E-state index in [0.29, 0.717) is 5.75 Å². The second-order valence-electron chi connectivity index (χ2n) is 4.42. The fraction of sp³-hybridized carbons (Fsp3) is 0.308. The first-order valence-electron chi connectivity index (χ1n) is 6.12. The highest BCUT2D eigenvalue weighted by Crippen LogP contribution is 2.11. The molecule has 1 aromatic rings. The van der Waals surface area contributed by atoms with E-state index in [1.54, 1.807) is 6.07 Å². The lowest BCUT2D eigenvalue weighted by Gasteiger charge is -2.10. The van der Waals surface area contributed by atoms with Gasteiger partial charge in [-0.1, -0.05) is 12.1 Å². The maximum Gasteiger partial charge on any atom is 0.322 e. The standard InChI is InChI=1S/C13H15N3O4/c1-8-3-2-4-9(5-8)20-7-11(17)14-6-10-12(18)16-13(19)15-10/h2-5,10H,6-7H2,1H3,(H,14,17)(H2,15,16,18,19). The van der Waals surface area contributed by atoms with Crippen molar-refractivity contribution in [2.45, 2.75) is 13.0 Å². The highest BCUT2D eigenvalue weighted by Gasteiger charge is 2.29. The molecule has 1 aliphatic rings. The van der Waals surface area contributed by atoms with Crippen molar-refractivity contribution in [3.05, 3.63) is 29.8 Å². The Labute approximate surface area is 115 Å². The van der Waals surface area contributed by atoms with Gasteiger partial charge in [0.25, 0.3) is 11.8 Å². The molecule has 7 heteroatoms. The van der Waals surface area contributed by atoms with Crippen LogP contribution >= 0.6 is 0 Å². The maximum absolute atomic E-state index is 11.6. The maximum atomic E-state index is 11.6. The minimum Gasteiger partial charge on any atom is -0.484 e. The number of rotatable bonds is 5. The minimum atomic E-state index is -0.731. The minimum absolute atomic E-state index is 0.0353. The third-order valence-electron chi connectivity index (χ3n) is 2.72. The summed E-state index contributed by atoms with van der Waals surface area (Å²) in [6, 6.07) is 6.05. The van der Waals surface area contributed by atoms with Crippen LogP contribution in [0.1, 0.15) is 5.56 Å². The molecule has 1 unspecified atom stereocenters. The van der Waals surface area contributed by atoms with Crippen LogP contribution in [0.4, 0.5) is 4.79 Å². The molecule has 20 heavy (non-hydrogen) atoms. The molecule has 0 aliphatic carbocycles. The van der Waals surface area contributed by atoms with Crippen molar-refractivity contribution in [3.8, 4) is 5.75 Å². The number of amides is 4. The van der Waals surface area contributed by atoms with Crippen LogP contribution in [-0.4, -0.2) is 37.0 Å². The van der Waals surface area contributed by atoms with Crippen LogP contribution in [0.3, 0.4) is 0 Å². The lowest BCUT2D eigenvalue weighted by molar-refractivity contribution is -0.123. The lowest BCUT2D eigenvalue weighted by atomic mass is 10.2. The number of hydrogen-bond acceptors (Lipinski definition) is 4. The second-order valence-corrected chi connectivity index (χ2v) is 4.42. The van der Waals surface area contributed by atoms with E-state index in [1.165, 1.54) is 0 Å². The average molecular weight is 277 g/mol. The third-order valence-corrected chi connectivity index (χ3v) is 2.72. The van der Waals surface area contributed by atoms with Gasteiger partial charge in [0.2, 0.25) is 0 Å². The van der Waals surface area contributed by atoms with Crippen molar-refractivity contribution >= 4 is 17.8 Å². The molecule has 0 bridgehead atoms. The first kappa shape index (κ1) is 13.9. The van der Waals surface area contributed by atoms with Crippen LogP contribution in [0, 0.1) is 6.92 Å². The summed E-state index contributed by atoms with van der Waals surface area (Å²) in [5.41, 5.74) is 1.04. The Bertz CT molecular complexity index is 544. The molecule has 1 fully saturated rings. The fourth-order valence-electron chi connectivity index (χ4n) is 1.72. The summed E-state index contributed by atoms with van der Waals surface area (Å²) in [5, 5.41) is 6.99. The number of carbonyl (C=O) groups excluding carboxylic acids is 3. The third kappa shape index (κ3) is 3.71. The first-order valence-corrected chi connectivity index (χ1v) is 6.12. The Hall–Kier alpha value is -2.57. The Morgan fingerprint density at radius 3 is 2.85 bits per heavy atom. The van der Waals surface area contributed by atoms with Crippen molar-refractivity contribution < 1.29 is 19.1 Å². The van der Waals surface area contributed by atoms with Gasteiger partial charge in [0.05, 0.1) is 0 Å². The first-order chi connectivity index (χ1) is 9.54. The summed E-state index contributed by atoms with van der Waals surface area (Å²) in [6.45, 7) is 1.81. The van der Waals surface area contributed by atoms with E-state index in [2.05, 4.69) is 16.0 Å². The molecule has 3 N–H and O–H groups in total. The van der Waals surface area contributed by atoms with Gasteiger partial charge in [0.15, 0.2) is 6.61 Å². The molecule has 1 saturated heterocycles. The monoisotopic (exact) mass is 277 g/mol. The summed E-state index contributed by atoms with van der Waals surface area (Å²) in [4.78, 5) is 33.7. The molecule has 1 atom stereocenters. The predicted octanol–water partition coefficient (Wildman–Crippen LogP) is -0.302. The molecular formula is C13H15N3O4. The highest BCUT2D eigenvalue weighted by molar-refractivity contribution is 6.04. The SMILES string of the molecule is Cc1cccc(OCC(=O)NCC2NC(=O)NC2=O)c1. The quantitative estimate of drug-likeness (QED) is 0.644. The zero-order chi connectivity index (χ0) is 14.5. The lowest BCUT2D eigenvalue weighted by Crippen LogP contribution is -2.43. The number of nitrogens with one attached hydrogen (secondary N) is 3. The molecule has 7 nitrogen and oxygen atoms in total. The highest BCUT2D eigenvalue weighted by atomic mass is 16.5. The Morgan fingerprint density at radius 1 is 1.40 bits per heavy atom. The van der Waals surface area contributed by atoms with Crippen LogP contribution < -0.4 is 20.7 Å². The van der Waals surface area contributed by atoms with Gasteiger partial charge in [-0.05, 0) is 24.6 Å². The van der Waals surface area contributed by atoms with Gasteiger partial charge >= 0.3 is 6.03 Å². The van der Waals surface area contributed by atoms with Gasteiger partial charge < -0.3 is 15.4 Å². The van der Waals surface area contributed by atoms with E-state index in [9.17, 15) is 14.4 Å². The second kappa shape index (κ2) is 6.05. The van der Waals surface area contributed by atoms with Crippen LogP contribution in [0.15, 0.2) is 24.3 Å². The summed E-state index contributed by atoms with van der Waals surface area (Å²) in [7, 11) is 0. The number of aryl methyl sites for hydroxylation is 1. The number of hydrogen-bond donors (Lipinski definition) is 3. The van der Waals surface area contributed by atoms with E-state index in [0.717, 1.165) is 5.56 Å². The van der Waals surface area contributed by atoms with Crippen molar-refractivity contribution in [3.63, 3.8) is 0 Å². The van der Waals surface area contributed by atoms with E-state index in [-0.39, 0.29) is 19.1 Å². The van der Waals surface area contributed by atoms with Crippen molar-refractivity contribution in [1.82, 2.24) is 16.0 Å². The van der Waals surface area contributed by atoms with Gasteiger partial charge in [0, 0.05) is 6.54 Å². The van der Waals surface area contributed by atoms with Gasteiger partial charge in [-0.2, -0.15) is 0 Å². The van der Waals surface area contributed by atoms with Gasteiger partial charge in [-0.3, -0.25) is 14.9 Å². The molecule has 0 saturated carbocycles. The normalized spacial score (nSPS) is 17.4. The van der Waals surface area contributed by atoms with E-state index < -0.39 is 18.0 Å². The Balaban J connectivity index is 1.73. The molecule has 2 rings (SSSR count). The molecule has 1 aliphatic heterocycles. The van der Waals surface area contributed by atoms with Crippen LogP contribution in [0.2, 0.25) is 0 Å². The summed E-state index contributed by atoms with van der Waals surface area (Å²) < 4.78 is 5.31. The number of urea groups is 1. The van der Waals surface area contributed by atoms with E-state index in [4.69, 9.17) is 4.74 Å². The topological polar surface area (TPSA) is 96.5 Å². The molecule has 4 amide bonds. The molecular weight excluding hydrogens is 262 g/mol. The zero-order valence-electron chi connectivity index (χ0n) is 10.9. The average Bonchev–Trinajstić information content (AvgIpc) is 2.72. The van der Waals surface area contributed by atoms with Crippen molar-refractivity contribution in [1.29, 1.82) is 0 Å². The summed E-state index contributed by atoms with van der Waals surface area (Å²) in [5.74, 6) is -0.206. The number of ether oxygens (including phenoxy) is 1. The van der Waals surface area contributed by atoms with Crippen LogP contribution in [0.25, 0.3) is 0 Å². The Morgan fingerprint density at radius 2 is 2.20 bits per heavy atom. The summed E-state index contributed by atoms with van der Waals surface area (Å²) >= 11 is 0. The number of carbonyl (C=O) groups is 3. The molecule has 0 radical (unpaired) electrons. The van der Waals surface area contributed by atoms with Gasteiger partial charge in [0.1, 0.15) is 11.8 Å². The fourth-order valence-corrected chi connectivity index (χ4v) is 1.72. The molecule has 106 valence electrons. The number of imide groups is 1. The van der Waals surface area contributed by atoms with Gasteiger partial charge in [-0.15, -0.1) is 0 Å². The van der Waals surface area contributed by atoms with Crippen LogP contribution in [0.5, 0.6) is 5.75 Å². The van der Waals surface area contributed by atoms with Crippen molar-refractivity contribution in [2.75, 3.05) is 13.2 Å². The summed E-state index contributed by atoms with van der Waals surface area (Å²) in [6.07, 6.45) is 0. The predicted molar refractivity (Wildman–Crippen MR) is 70.1 cm³/mol. The molecule has 1 heterocycles. The Kier molecular flexibility index (Phi) is 4.19. The van der Waals surface area contributed by atoms with Crippen LogP contribution in [-0.2, 0) is 9.59 Å². The molecule has 1 aromatic carbocycles. The largest absolute Gasteiger partial charge is 0.484 e. The zero-order valence-corrected chi connectivity index (χ0v) is 10.9. The van der Waals surface area contributed by atoms with Gasteiger partial charge in [-0.25, -0.2) is 4.79 Å². The molecule has 0 aromatic heterocycles.